The van der Waals surface area contributed by atoms with E-state index in [-0.39, 0.29) is 23.7 Å². The van der Waals surface area contributed by atoms with Crippen LogP contribution < -0.4 is 10.6 Å². The summed E-state index contributed by atoms with van der Waals surface area (Å²) in [5, 5.41) is 15.5. The summed E-state index contributed by atoms with van der Waals surface area (Å²) in [5.41, 5.74) is 0.172. The topological polar surface area (TPSA) is 114 Å². The number of aromatic nitrogens is 1. The molecule has 0 aliphatic rings. The van der Waals surface area contributed by atoms with Crippen molar-refractivity contribution in [2.45, 2.75) is 13.8 Å². The molecule has 19 heavy (non-hydrogen) atoms. The van der Waals surface area contributed by atoms with Crippen LogP contribution in [0.2, 0.25) is 0 Å². The van der Waals surface area contributed by atoms with Gasteiger partial charge in [0.05, 0.1) is 22.7 Å². The molecule has 0 radical (unpaired) electrons. The van der Waals surface area contributed by atoms with E-state index in [0.717, 1.165) is 12.3 Å². The number of carbonyl (C=O) groups is 2. The molecule has 8 nitrogen and oxygen atoms in total. The Labute approximate surface area is 109 Å². The van der Waals surface area contributed by atoms with Crippen molar-refractivity contribution in [2.75, 3.05) is 13.1 Å². The Kier molecular flexibility index (Phi) is 4.92. The van der Waals surface area contributed by atoms with E-state index in [9.17, 15) is 19.7 Å². The molecule has 0 fully saturated rings. The van der Waals surface area contributed by atoms with Crippen LogP contribution in [0.15, 0.2) is 12.3 Å². The quantitative estimate of drug-likeness (QED) is 0.582. The average molecular weight is 266 g/mol. The largest absolute Gasteiger partial charge is 0.355 e. The number of rotatable bonds is 5. The predicted molar refractivity (Wildman–Crippen MR) is 66.6 cm³/mol. The lowest BCUT2D eigenvalue weighted by Gasteiger charge is -2.07. The fraction of sp³-hybridized carbons (Fsp3) is 0.364. The number of pyridine rings is 1. The highest BCUT2D eigenvalue weighted by Crippen LogP contribution is 2.14. The molecule has 2 N–H and O–H groups in total. The third-order valence-corrected chi connectivity index (χ3v) is 2.31. The lowest BCUT2D eigenvalue weighted by molar-refractivity contribution is -0.385. The number of hydrogen-bond acceptors (Lipinski definition) is 5. The third-order valence-electron chi connectivity index (χ3n) is 2.31. The molecular formula is C11H14N4O4. The summed E-state index contributed by atoms with van der Waals surface area (Å²) in [6.07, 6.45) is 1.08. The van der Waals surface area contributed by atoms with Crippen LogP contribution in [-0.2, 0) is 4.79 Å². The molecular weight excluding hydrogens is 252 g/mol. The number of hydrogen-bond donors (Lipinski definition) is 2. The van der Waals surface area contributed by atoms with Crippen LogP contribution in [0.1, 0.15) is 23.0 Å². The van der Waals surface area contributed by atoms with Crippen LogP contribution in [0.25, 0.3) is 0 Å². The Morgan fingerprint density at radius 1 is 1.42 bits per heavy atom. The second kappa shape index (κ2) is 6.43. The van der Waals surface area contributed by atoms with Gasteiger partial charge in [-0.15, -0.1) is 0 Å². The Morgan fingerprint density at radius 3 is 2.68 bits per heavy atom. The minimum atomic E-state index is -0.632. The molecule has 0 spiro atoms. The van der Waals surface area contributed by atoms with E-state index in [4.69, 9.17) is 0 Å². The van der Waals surface area contributed by atoms with Crippen LogP contribution in [0, 0.1) is 17.0 Å². The van der Waals surface area contributed by atoms with Gasteiger partial charge in [0.15, 0.2) is 0 Å². The first-order valence-corrected chi connectivity index (χ1v) is 5.61. The van der Waals surface area contributed by atoms with Crippen LogP contribution in [-0.4, -0.2) is 34.8 Å². The molecule has 0 saturated heterocycles. The van der Waals surface area contributed by atoms with Crippen molar-refractivity contribution >= 4 is 17.5 Å². The van der Waals surface area contributed by atoms with Crippen molar-refractivity contribution < 1.29 is 14.5 Å². The highest BCUT2D eigenvalue weighted by atomic mass is 16.6. The summed E-state index contributed by atoms with van der Waals surface area (Å²) >= 11 is 0. The molecule has 1 heterocycles. The van der Waals surface area contributed by atoms with Gasteiger partial charge in [0.1, 0.15) is 6.20 Å². The molecule has 0 aromatic carbocycles. The lowest BCUT2D eigenvalue weighted by Crippen LogP contribution is -2.37. The van der Waals surface area contributed by atoms with Crippen molar-refractivity contribution in [1.29, 1.82) is 0 Å². The Balaban J connectivity index is 2.79. The highest BCUT2D eigenvalue weighted by molar-refractivity contribution is 5.97. The van der Waals surface area contributed by atoms with Crippen molar-refractivity contribution in [1.82, 2.24) is 15.6 Å². The summed E-state index contributed by atoms with van der Waals surface area (Å²) in [4.78, 5) is 36.7. The van der Waals surface area contributed by atoms with Crippen LogP contribution in [0.4, 0.5) is 5.69 Å². The van der Waals surface area contributed by atoms with Gasteiger partial charge in [-0.25, -0.2) is 0 Å². The highest BCUT2D eigenvalue weighted by Gasteiger charge is 2.16. The third kappa shape index (κ3) is 4.02. The number of carbonyl (C=O) groups excluding carboxylic acids is 2. The molecule has 1 aromatic rings. The molecule has 0 aliphatic heterocycles. The first-order chi connectivity index (χ1) is 8.95. The van der Waals surface area contributed by atoms with Crippen LogP contribution in [0.3, 0.4) is 0 Å². The first kappa shape index (κ1) is 14.6. The van der Waals surface area contributed by atoms with Gasteiger partial charge in [0.2, 0.25) is 5.91 Å². The molecule has 102 valence electrons. The second-order valence-corrected chi connectivity index (χ2v) is 3.72. The Bertz CT molecular complexity index is 515. The van der Waals surface area contributed by atoms with Crippen molar-refractivity contribution in [3.63, 3.8) is 0 Å². The van der Waals surface area contributed by atoms with Crippen molar-refractivity contribution in [2.24, 2.45) is 0 Å². The van der Waals surface area contributed by atoms with E-state index < -0.39 is 10.8 Å². The molecule has 0 aliphatic carbocycles. The van der Waals surface area contributed by atoms with E-state index in [1.807, 2.05) is 0 Å². The van der Waals surface area contributed by atoms with Gasteiger partial charge >= 0.3 is 0 Å². The minimum absolute atomic E-state index is 0.0819. The summed E-state index contributed by atoms with van der Waals surface area (Å²) in [5.74, 6) is -0.896. The van der Waals surface area contributed by atoms with Gasteiger partial charge in [-0.2, -0.15) is 0 Å². The van der Waals surface area contributed by atoms with Gasteiger partial charge in [-0.1, -0.05) is 0 Å². The van der Waals surface area contributed by atoms with Crippen LogP contribution >= 0.6 is 0 Å². The lowest BCUT2D eigenvalue weighted by atomic mass is 10.2. The summed E-state index contributed by atoms with van der Waals surface area (Å²) < 4.78 is 0. The summed E-state index contributed by atoms with van der Waals surface area (Å²) in [6, 6.07) is 1.13. The zero-order valence-electron chi connectivity index (χ0n) is 10.6. The maximum absolute atomic E-state index is 11.8. The Morgan fingerprint density at radius 2 is 2.11 bits per heavy atom. The summed E-state index contributed by atoms with van der Waals surface area (Å²) in [7, 11) is 0. The maximum Gasteiger partial charge on any atom is 0.288 e. The molecule has 8 heteroatoms. The normalized spacial score (nSPS) is 9.79. The van der Waals surface area contributed by atoms with E-state index >= 15 is 0 Å². The Hall–Kier alpha value is -2.51. The van der Waals surface area contributed by atoms with Gasteiger partial charge in [-0.05, 0) is 13.8 Å². The molecule has 1 aromatic heterocycles. The number of likely N-dealkylation sites (N-methyl/N-ethyl adjacent to an activating group) is 1. The molecule has 1 rings (SSSR count). The van der Waals surface area contributed by atoms with Gasteiger partial charge in [0.25, 0.3) is 11.6 Å². The number of nitrogens with one attached hydrogen (secondary N) is 2. The average Bonchev–Trinajstić information content (AvgIpc) is 2.36. The van der Waals surface area contributed by atoms with E-state index in [1.165, 1.54) is 0 Å². The first-order valence-electron chi connectivity index (χ1n) is 5.61. The van der Waals surface area contributed by atoms with Gasteiger partial charge < -0.3 is 10.6 Å². The van der Waals surface area contributed by atoms with E-state index in [2.05, 4.69) is 15.6 Å². The van der Waals surface area contributed by atoms with Crippen molar-refractivity contribution in [3.05, 3.63) is 33.6 Å². The number of amides is 2. The molecule has 2 amide bonds. The SMILES string of the molecule is CCNC(=O)CNC(=O)c1cc([N+](=O)[O-])cnc1C. The van der Waals surface area contributed by atoms with E-state index in [0.29, 0.717) is 12.2 Å². The minimum Gasteiger partial charge on any atom is -0.355 e. The predicted octanol–water partition coefficient (Wildman–Crippen LogP) is 0.164. The van der Waals surface area contributed by atoms with E-state index in [1.54, 1.807) is 13.8 Å². The molecule has 0 saturated carbocycles. The number of nitro groups is 1. The standard InChI is InChI=1S/C11H14N4O4/c1-3-12-10(16)6-14-11(17)9-4-8(15(18)19)5-13-7(9)2/h4-5H,3,6H2,1-2H3,(H,12,16)(H,14,17). The van der Waals surface area contributed by atoms with Gasteiger partial charge in [-0.3, -0.25) is 24.7 Å². The zero-order valence-corrected chi connectivity index (χ0v) is 10.6. The second-order valence-electron chi connectivity index (χ2n) is 3.72. The summed E-state index contributed by atoms with van der Waals surface area (Å²) in [6.45, 7) is 3.60. The number of aryl methyl sites for hydroxylation is 1. The number of nitrogens with zero attached hydrogens (tertiary/aromatic N) is 2. The maximum atomic E-state index is 11.8. The fourth-order valence-corrected chi connectivity index (χ4v) is 1.37. The molecule has 0 unspecified atom stereocenters. The molecule has 0 atom stereocenters. The monoisotopic (exact) mass is 266 g/mol. The smallest absolute Gasteiger partial charge is 0.288 e. The van der Waals surface area contributed by atoms with Crippen LogP contribution in [0.5, 0.6) is 0 Å². The molecule has 0 bridgehead atoms. The fourth-order valence-electron chi connectivity index (χ4n) is 1.37. The zero-order chi connectivity index (χ0) is 14.4. The van der Waals surface area contributed by atoms with Crippen molar-refractivity contribution in [3.8, 4) is 0 Å². The van der Waals surface area contributed by atoms with Gasteiger partial charge in [0, 0.05) is 12.6 Å².